The van der Waals surface area contributed by atoms with Crippen molar-refractivity contribution in [2.24, 2.45) is 0 Å². The zero-order valence-corrected chi connectivity index (χ0v) is 15.8. The van der Waals surface area contributed by atoms with Gasteiger partial charge in [-0.25, -0.2) is 0 Å². The van der Waals surface area contributed by atoms with Crippen molar-refractivity contribution >= 4 is 17.7 Å². The molecule has 0 atom stereocenters. The summed E-state index contributed by atoms with van der Waals surface area (Å²) < 4.78 is 16.1. The fourth-order valence-electron chi connectivity index (χ4n) is 2.29. The lowest BCUT2D eigenvalue weighted by atomic mass is 10.1. The van der Waals surface area contributed by atoms with E-state index in [0.717, 1.165) is 0 Å². The van der Waals surface area contributed by atoms with Gasteiger partial charge in [-0.2, -0.15) is 5.26 Å². The number of carbonyl (C=O) groups is 1. The molecular formula is C21H22N2O4. The maximum atomic E-state index is 12.5. The molecule has 140 valence electrons. The molecule has 0 saturated carbocycles. The van der Waals surface area contributed by atoms with Gasteiger partial charge in [0, 0.05) is 17.3 Å². The van der Waals surface area contributed by atoms with E-state index in [9.17, 15) is 10.1 Å². The van der Waals surface area contributed by atoms with Gasteiger partial charge in [0.05, 0.1) is 20.3 Å². The van der Waals surface area contributed by atoms with Crippen LogP contribution >= 0.6 is 0 Å². The second-order valence-corrected chi connectivity index (χ2v) is 5.92. The number of hydrogen-bond donors (Lipinski definition) is 1. The maximum absolute atomic E-state index is 12.5. The summed E-state index contributed by atoms with van der Waals surface area (Å²) in [6, 6.07) is 14.0. The fourth-order valence-corrected chi connectivity index (χ4v) is 2.29. The highest BCUT2D eigenvalue weighted by Crippen LogP contribution is 2.28. The normalized spacial score (nSPS) is 10.9. The van der Waals surface area contributed by atoms with Crippen LogP contribution in [0.5, 0.6) is 17.2 Å². The molecule has 0 unspecified atom stereocenters. The van der Waals surface area contributed by atoms with Crippen molar-refractivity contribution in [2.75, 3.05) is 19.5 Å². The van der Waals surface area contributed by atoms with Gasteiger partial charge in [-0.15, -0.1) is 0 Å². The average Bonchev–Trinajstić information content (AvgIpc) is 2.66. The number of nitriles is 1. The van der Waals surface area contributed by atoms with Crippen molar-refractivity contribution in [3.8, 4) is 23.3 Å². The second-order valence-electron chi connectivity index (χ2n) is 5.92. The van der Waals surface area contributed by atoms with Crippen LogP contribution in [0.1, 0.15) is 19.4 Å². The Bertz CT molecular complexity index is 865. The van der Waals surface area contributed by atoms with E-state index in [1.807, 2.05) is 19.9 Å². The molecule has 2 aromatic rings. The number of methoxy groups -OCH3 is 2. The van der Waals surface area contributed by atoms with E-state index in [1.54, 1.807) is 56.7 Å². The zero-order chi connectivity index (χ0) is 19.8. The summed E-state index contributed by atoms with van der Waals surface area (Å²) in [6.07, 6.45) is 1.43. The molecule has 1 N–H and O–H groups in total. The van der Waals surface area contributed by atoms with Crippen LogP contribution in [0.4, 0.5) is 5.69 Å². The molecule has 0 bridgehead atoms. The number of hydrogen-bond acceptors (Lipinski definition) is 5. The Morgan fingerprint density at radius 1 is 1.07 bits per heavy atom. The van der Waals surface area contributed by atoms with Crippen LogP contribution in [0.15, 0.2) is 48.0 Å². The van der Waals surface area contributed by atoms with Crippen molar-refractivity contribution in [2.45, 2.75) is 20.0 Å². The molecule has 27 heavy (non-hydrogen) atoms. The molecular weight excluding hydrogens is 344 g/mol. The first-order valence-electron chi connectivity index (χ1n) is 8.38. The third-order valence-electron chi connectivity index (χ3n) is 3.60. The summed E-state index contributed by atoms with van der Waals surface area (Å²) in [7, 11) is 3.13. The number of rotatable bonds is 7. The SMILES string of the molecule is COc1ccc(NC(=O)/C(C#N)=C/c2ccc(OC)cc2OC(C)C)cc1. The van der Waals surface area contributed by atoms with E-state index in [0.29, 0.717) is 28.5 Å². The predicted molar refractivity (Wildman–Crippen MR) is 104 cm³/mol. The molecule has 0 heterocycles. The van der Waals surface area contributed by atoms with Crippen molar-refractivity contribution in [3.63, 3.8) is 0 Å². The molecule has 0 aliphatic heterocycles. The Labute approximate surface area is 159 Å². The minimum Gasteiger partial charge on any atom is -0.497 e. The number of nitrogens with zero attached hydrogens (tertiary/aromatic N) is 1. The monoisotopic (exact) mass is 366 g/mol. The molecule has 0 saturated heterocycles. The van der Waals surface area contributed by atoms with Gasteiger partial charge in [-0.1, -0.05) is 0 Å². The first-order valence-corrected chi connectivity index (χ1v) is 8.38. The first-order chi connectivity index (χ1) is 13.0. The number of amides is 1. The van der Waals surface area contributed by atoms with Crippen LogP contribution in [0.25, 0.3) is 6.08 Å². The molecule has 0 aliphatic rings. The van der Waals surface area contributed by atoms with E-state index in [1.165, 1.54) is 6.08 Å². The van der Waals surface area contributed by atoms with Crippen LogP contribution in [0, 0.1) is 11.3 Å². The topological polar surface area (TPSA) is 80.6 Å². The summed E-state index contributed by atoms with van der Waals surface area (Å²) in [5, 5.41) is 12.1. The van der Waals surface area contributed by atoms with Crippen LogP contribution in [0.2, 0.25) is 0 Å². The molecule has 0 fully saturated rings. The van der Waals surface area contributed by atoms with E-state index in [4.69, 9.17) is 14.2 Å². The average molecular weight is 366 g/mol. The number of ether oxygens (including phenoxy) is 3. The highest BCUT2D eigenvalue weighted by Gasteiger charge is 2.13. The molecule has 2 rings (SSSR count). The largest absolute Gasteiger partial charge is 0.497 e. The van der Waals surface area contributed by atoms with Gasteiger partial charge in [0.15, 0.2) is 0 Å². The number of carbonyl (C=O) groups excluding carboxylic acids is 1. The zero-order valence-electron chi connectivity index (χ0n) is 15.8. The number of benzene rings is 2. The third-order valence-corrected chi connectivity index (χ3v) is 3.60. The summed E-state index contributed by atoms with van der Waals surface area (Å²) in [4.78, 5) is 12.5. The molecule has 0 spiro atoms. The van der Waals surface area contributed by atoms with Crippen molar-refractivity contribution in [1.82, 2.24) is 0 Å². The minimum atomic E-state index is -0.506. The van der Waals surface area contributed by atoms with Crippen LogP contribution in [-0.4, -0.2) is 26.2 Å². The van der Waals surface area contributed by atoms with Crippen LogP contribution in [0.3, 0.4) is 0 Å². The predicted octanol–water partition coefficient (Wildman–Crippen LogP) is 4.04. The Morgan fingerprint density at radius 2 is 1.70 bits per heavy atom. The second kappa shape index (κ2) is 9.30. The van der Waals surface area contributed by atoms with E-state index in [2.05, 4.69) is 5.32 Å². The number of anilines is 1. The van der Waals surface area contributed by atoms with Crippen molar-refractivity contribution in [3.05, 3.63) is 53.6 Å². The van der Waals surface area contributed by atoms with Gasteiger partial charge < -0.3 is 19.5 Å². The van der Waals surface area contributed by atoms with Crippen molar-refractivity contribution < 1.29 is 19.0 Å². The molecule has 6 nitrogen and oxygen atoms in total. The lowest BCUT2D eigenvalue weighted by Crippen LogP contribution is -2.13. The lowest BCUT2D eigenvalue weighted by Gasteiger charge is -2.14. The molecule has 0 aromatic heterocycles. The van der Waals surface area contributed by atoms with Crippen LogP contribution < -0.4 is 19.5 Å². The first kappa shape index (κ1) is 19.9. The van der Waals surface area contributed by atoms with Crippen LogP contribution in [-0.2, 0) is 4.79 Å². The smallest absolute Gasteiger partial charge is 0.266 e. The van der Waals surface area contributed by atoms with Gasteiger partial charge >= 0.3 is 0 Å². The van der Waals surface area contributed by atoms with E-state index < -0.39 is 5.91 Å². The van der Waals surface area contributed by atoms with Crippen molar-refractivity contribution in [1.29, 1.82) is 5.26 Å². The van der Waals surface area contributed by atoms with E-state index in [-0.39, 0.29) is 11.7 Å². The van der Waals surface area contributed by atoms with Gasteiger partial charge in [-0.05, 0) is 56.3 Å². The lowest BCUT2D eigenvalue weighted by molar-refractivity contribution is -0.112. The van der Waals surface area contributed by atoms with Gasteiger partial charge in [0.25, 0.3) is 5.91 Å². The fraction of sp³-hybridized carbons (Fsp3) is 0.238. The quantitative estimate of drug-likeness (QED) is 0.591. The maximum Gasteiger partial charge on any atom is 0.266 e. The highest BCUT2D eigenvalue weighted by molar-refractivity contribution is 6.09. The molecule has 0 radical (unpaired) electrons. The number of nitrogens with one attached hydrogen (secondary N) is 1. The molecule has 6 heteroatoms. The summed E-state index contributed by atoms with van der Waals surface area (Å²) in [6.45, 7) is 3.79. The van der Waals surface area contributed by atoms with Gasteiger partial charge in [0.2, 0.25) is 0 Å². The Morgan fingerprint density at radius 3 is 2.26 bits per heavy atom. The van der Waals surface area contributed by atoms with E-state index >= 15 is 0 Å². The summed E-state index contributed by atoms with van der Waals surface area (Å²) in [5.41, 5.74) is 1.14. The Balaban J connectivity index is 2.28. The molecule has 0 aliphatic carbocycles. The van der Waals surface area contributed by atoms with Gasteiger partial charge in [0.1, 0.15) is 28.9 Å². The summed E-state index contributed by atoms with van der Waals surface area (Å²) >= 11 is 0. The Hall–Kier alpha value is -3.46. The highest BCUT2D eigenvalue weighted by atomic mass is 16.5. The Kier molecular flexibility index (Phi) is 6.84. The minimum absolute atomic E-state index is 0.0374. The summed E-state index contributed by atoms with van der Waals surface area (Å²) in [5.74, 6) is 1.34. The standard InChI is InChI=1S/C21H22N2O4/c1-14(2)27-20-12-19(26-4)8-5-15(20)11-16(13-22)21(24)23-17-6-9-18(25-3)10-7-17/h5-12,14H,1-4H3,(H,23,24)/b16-11+. The van der Waals surface area contributed by atoms with Gasteiger partial charge in [-0.3, -0.25) is 4.79 Å². The molecule has 2 aromatic carbocycles. The molecule has 1 amide bonds. The third kappa shape index (κ3) is 5.51.